The Kier molecular flexibility index (Phi) is 12.9. The second kappa shape index (κ2) is 16.6. The van der Waals surface area contributed by atoms with Gasteiger partial charge in [-0.25, -0.2) is 8.42 Å². The van der Waals surface area contributed by atoms with Crippen molar-refractivity contribution < 1.29 is 32.2 Å². The minimum absolute atomic E-state index is 0.381. The molecule has 0 spiro atoms. The molecule has 0 aliphatic heterocycles. The predicted octanol–water partition coefficient (Wildman–Crippen LogP) is 6.61. The van der Waals surface area contributed by atoms with E-state index in [1.54, 1.807) is 62.8 Å². The number of aldehydes is 1. The minimum atomic E-state index is -1.24. The number of methoxy groups -OCH3 is 2. The normalized spacial score (nSPS) is 12.1. The Bertz CT molecular complexity index is 1400. The van der Waals surface area contributed by atoms with Gasteiger partial charge < -0.3 is 18.9 Å². The van der Waals surface area contributed by atoms with Crippen LogP contribution >= 0.6 is 0 Å². The molecule has 0 heterocycles. The van der Waals surface area contributed by atoms with Crippen molar-refractivity contribution in [1.29, 1.82) is 0 Å². The summed E-state index contributed by atoms with van der Waals surface area (Å²) in [7, 11) is 0.734. The molecule has 0 N–H and O–H groups in total. The van der Waals surface area contributed by atoms with Crippen molar-refractivity contribution in [2.75, 3.05) is 27.4 Å². The van der Waals surface area contributed by atoms with E-state index < -0.39 is 21.6 Å². The van der Waals surface area contributed by atoms with Gasteiger partial charge in [0.15, 0.2) is 6.29 Å². The van der Waals surface area contributed by atoms with Crippen LogP contribution in [-0.4, -0.2) is 42.1 Å². The summed E-state index contributed by atoms with van der Waals surface area (Å²) in [6.45, 7) is 5.01. The summed E-state index contributed by atoms with van der Waals surface area (Å²) in [5, 5.41) is 0. The number of ether oxygens (including phenoxy) is 4. The summed E-state index contributed by atoms with van der Waals surface area (Å²) >= 11 is 0. The minimum Gasteiger partial charge on any atom is -0.497 e. The van der Waals surface area contributed by atoms with Gasteiger partial charge in [0.25, 0.3) is 0 Å². The molecule has 0 fully saturated rings. The summed E-state index contributed by atoms with van der Waals surface area (Å²) in [5.41, 5.74) is 1.50. The van der Waals surface area contributed by atoms with Crippen LogP contribution in [0.1, 0.15) is 36.1 Å². The maximum atomic E-state index is 12.6. The van der Waals surface area contributed by atoms with E-state index in [-0.39, 0.29) is 6.29 Å². The molecule has 0 aliphatic carbocycles. The van der Waals surface area contributed by atoms with Gasteiger partial charge in [0.05, 0.1) is 35.8 Å². The van der Waals surface area contributed by atoms with Crippen LogP contribution in [0, 0.1) is 0 Å². The first kappa shape index (κ1) is 31.9. The molecule has 2 atom stereocenters. The van der Waals surface area contributed by atoms with Gasteiger partial charge in [0, 0.05) is 43.9 Å². The molecule has 41 heavy (non-hydrogen) atoms. The van der Waals surface area contributed by atoms with Crippen LogP contribution in [0.5, 0.6) is 11.5 Å². The molecule has 4 aromatic rings. The number of carbonyl (C=O) groups excluding carboxylic acids is 1. The van der Waals surface area contributed by atoms with E-state index in [1.807, 2.05) is 62.4 Å². The smallest absolute Gasteiger partial charge is 0.183 e. The van der Waals surface area contributed by atoms with Crippen LogP contribution in [0.3, 0.4) is 0 Å². The SMILES string of the molecule is CCOC(OCC)c1ccc(S(=O)c2ccc(OC)cc2)cc1.COc1ccc(S(=O)c2ccc(C=O)cc2)cc1. The van der Waals surface area contributed by atoms with Crippen molar-refractivity contribution in [3.63, 3.8) is 0 Å². The summed E-state index contributed by atoms with van der Waals surface area (Å²) < 4.78 is 46.1. The standard InChI is InChI=1S/C18H22O4S.C14H12O3S/c1-4-21-18(22-5-2)14-6-10-16(11-7-14)23(19)17-12-8-15(20-3)9-13-17;1-17-12-4-8-14(9-5-12)18(16)13-6-2-11(10-15)3-7-13/h6-13,18H,4-5H2,1-3H3;2-10H,1H3. The summed E-state index contributed by atoms with van der Waals surface area (Å²) in [5.74, 6) is 1.48. The van der Waals surface area contributed by atoms with Gasteiger partial charge in [-0.15, -0.1) is 0 Å². The van der Waals surface area contributed by atoms with Gasteiger partial charge in [0.2, 0.25) is 0 Å². The van der Waals surface area contributed by atoms with E-state index in [0.29, 0.717) is 28.6 Å². The number of hydrogen-bond acceptors (Lipinski definition) is 7. The highest BCUT2D eigenvalue weighted by Gasteiger charge is 2.13. The van der Waals surface area contributed by atoms with Crippen LogP contribution in [-0.2, 0) is 31.1 Å². The fourth-order valence-electron chi connectivity index (χ4n) is 3.63. The number of carbonyl (C=O) groups is 1. The Morgan fingerprint density at radius 2 is 0.927 bits per heavy atom. The molecule has 4 rings (SSSR count). The average molecular weight is 595 g/mol. The van der Waals surface area contributed by atoms with Crippen LogP contribution in [0.15, 0.2) is 117 Å². The monoisotopic (exact) mass is 594 g/mol. The van der Waals surface area contributed by atoms with Crippen molar-refractivity contribution in [3.8, 4) is 11.5 Å². The largest absolute Gasteiger partial charge is 0.497 e. The lowest BCUT2D eigenvalue weighted by Crippen LogP contribution is -2.08. The first-order valence-electron chi connectivity index (χ1n) is 12.9. The van der Waals surface area contributed by atoms with E-state index in [1.165, 1.54) is 0 Å². The van der Waals surface area contributed by atoms with Crippen LogP contribution in [0.25, 0.3) is 0 Å². The maximum Gasteiger partial charge on any atom is 0.183 e. The Hall–Kier alpha value is -3.63. The molecule has 0 saturated heterocycles. The van der Waals surface area contributed by atoms with E-state index >= 15 is 0 Å². The second-order valence-electron chi connectivity index (χ2n) is 8.39. The highest BCUT2D eigenvalue weighted by atomic mass is 32.2. The summed E-state index contributed by atoms with van der Waals surface area (Å²) in [6, 6.07) is 28.5. The van der Waals surface area contributed by atoms with Crippen molar-refractivity contribution in [3.05, 3.63) is 108 Å². The fourth-order valence-corrected chi connectivity index (χ4v) is 5.71. The lowest BCUT2D eigenvalue weighted by Gasteiger charge is -2.17. The Morgan fingerprint density at radius 3 is 1.24 bits per heavy atom. The molecule has 0 bridgehead atoms. The maximum absolute atomic E-state index is 12.6. The molecule has 0 aliphatic rings. The zero-order valence-corrected chi connectivity index (χ0v) is 25.1. The molecule has 9 heteroatoms. The van der Waals surface area contributed by atoms with Crippen molar-refractivity contribution in [2.24, 2.45) is 0 Å². The summed E-state index contributed by atoms with van der Waals surface area (Å²) in [6.07, 6.45) is 0.383. The highest BCUT2D eigenvalue weighted by molar-refractivity contribution is 7.85. The highest BCUT2D eigenvalue weighted by Crippen LogP contribution is 2.24. The molecule has 216 valence electrons. The van der Waals surface area contributed by atoms with Gasteiger partial charge in [-0.05, 0) is 86.6 Å². The van der Waals surface area contributed by atoms with E-state index in [4.69, 9.17) is 18.9 Å². The van der Waals surface area contributed by atoms with Crippen LogP contribution < -0.4 is 9.47 Å². The zero-order chi connectivity index (χ0) is 29.6. The molecular weight excluding hydrogens is 560 g/mol. The number of rotatable bonds is 12. The molecule has 0 radical (unpaired) electrons. The third-order valence-corrected chi connectivity index (χ3v) is 8.58. The number of benzene rings is 4. The second-order valence-corrected chi connectivity index (χ2v) is 11.3. The van der Waals surface area contributed by atoms with Gasteiger partial charge >= 0.3 is 0 Å². The van der Waals surface area contributed by atoms with Crippen molar-refractivity contribution in [1.82, 2.24) is 0 Å². The van der Waals surface area contributed by atoms with E-state index in [2.05, 4.69) is 0 Å². The van der Waals surface area contributed by atoms with Crippen molar-refractivity contribution in [2.45, 2.75) is 39.7 Å². The quantitative estimate of drug-likeness (QED) is 0.135. The first-order valence-corrected chi connectivity index (χ1v) is 15.2. The molecule has 0 aromatic heterocycles. The average Bonchev–Trinajstić information content (AvgIpc) is 3.04. The lowest BCUT2D eigenvalue weighted by atomic mass is 10.2. The molecule has 7 nitrogen and oxygen atoms in total. The molecule has 0 saturated carbocycles. The van der Waals surface area contributed by atoms with Crippen molar-refractivity contribution >= 4 is 27.9 Å². The third-order valence-electron chi connectivity index (χ3n) is 5.78. The molecule has 0 amide bonds. The van der Waals surface area contributed by atoms with Crippen LogP contribution in [0.4, 0.5) is 0 Å². The zero-order valence-electron chi connectivity index (χ0n) is 23.5. The number of hydrogen-bond donors (Lipinski definition) is 0. The molecule has 2 unspecified atom stereocenters. The van der Waals surface area contributed by atoms with Gasteiger partial charge in [-0.3, -0.25) is 4.79 Å². The van der Waals surface area contributed by atoms with Crippen LogP contribution in [0.2, 0.25) is 0 Å². The van der Waals surface area contributed by atoms with Gasteiger partial charge in [-0.1, -0.05) is 24.3 Å². The van der Waals surface area contributed by atoms with Gasteiger partial charge in [-0.2, -0.15) is 0 Å². The summed E-state index contributed by atoms with van der Waals surface area (Å²) in [4.78, 5) is 13.4. The van der Waals surface area contributed by atoms with E-state index in [0.717, 1.165) is 33.1 Å². The predicted molar refractivity (Wildman–Crippen MR) is 160 cm³/mol. The molecule has 4 aromatic carbocycles. The lowest BCUT2D eigenvalue weighted by molar-refractivity contribution is -0.140. The topological polar surface area (TPSA) is 88.1 Å². The Balaban J connectivity index is 0.000000232. The van der Waals surface area contributed by atoms with E-state index in [9.17, 15) is 13.2 Å². The molecular formula is C32H34O7S2. The third kappa shape index (κ3) is 9.19. The van der Waals surface area contributed by atoms with Gasteiger partial charge in [0.1, 0.15) is 17.8 Å². The fraction of sp³-hybridized carbons (Fsp3) is 0.219. The Labute approximate surface area is 246 Å². The first-order chi connectivity index (χ1) is 19.9. The Morgan fingerprint density at radius 1 is 0.585 bits per heavy atom.